The van der Waals surface area contributed by atoms with Crippen LogP contribution in [0, 0.1) is 0 Å². The van der Waals surface area contributed by atoms with E-state index in [2.05, 4.69) is 219 Å². The van der Waals surface area contributed by atoms with Gasteiger partial charge in [0.25, 0.3) is 0 Å². The van der Waals surface area contributed by atoms with Crippen molar-refractivity contribution in [3.05, 3.63) is 211 Å². The maximum atomic E-state index is 2.49. The number of fused-ring (bicyclic) bond motifs is 5. The summed E-state index contributed by atoms with van der Waals surface area (Å²) in [6.45, 7) is 4.73. The molecule has 256 valence electrons. The third-order valence-corrected chi connectivity index (χ3v) is 11.5. The zero-order chi connectivity index (χ0) is 36.2. The molecule has 0 N–H and O–H groups in total. The Morgan fingerprint density at radius 2 is 0.852 bits per heavy atom. The molecule has 0 saturated heterocycles. The first-order chi connectivity index (χ1) is 26.5. The minimum Gasteiger partial charge on any atom is -0.310 e. The molecule has 10 rings (SSSR count). The molecule has 0 spiro atoms. The van der Waals surface area contributed by atoms with E-state index in [0.29, 0.717) is 0 Å². The summed E-state index contributed by atoms with van der Waals surface area (Å²) in [6.07, 6.45) is 0. The van der Waals surface area contributed by atoms with Crippen LogP contribution in [-0.4, -0.2) is 0 Å². The summed E-state index contributed by atoms with van der Waals surface area (Å²) >= 11 is 0. The molecule has 0 amide bonds. The smallest absolute Gasteiger partial charge is 0.0546 e. The molecule has 9 aromatic carbocycles. The molecular formula is C53H39N. The van der Waals surface area contributed by atoms with Crippen LogP contribution in [-0.2, 0) is 5.41 Å². The molecule has 1 heteroatoms. The summed E-state index contributed by atoms with van der Waals surface area (Å²) in [5, 5.41) is 4.99. The van der Waals surface area contributed by atoms with Gasteiger partial charge in [-0.2, -0.15) is 0 Å². The van der Waals surface area contributed by atoms with Crippen molar-refractivity contribution in [2.45, 2.75) is 19.3 Å². The second-order valence-corrected chi connectivity index (χ2v) is 14.9. The zero-order valence-electron chi connectivity index (χ0n) is 30.5. The standard InChI is InChI=1S/C53H39N/c1-53(2)50-28-11-10-25-48(50)49-32-30-42(35-51(49)53)54(41-22-12-21-39(33-41)45-26-13-19-36-17-6-8-23-43(36)45)52-34-40(29-31-47(52)38-15-4-3-5-16-38)46-27-14-20-37-18-7-9-24-44(37)46/h3-35H,1-2H3. The maximum absolute atomic E-state index is 2.49. The molecule has 1 aliphatic carbocycles. The minimum absolute atomic E-state index is 0.133. The molecule has 0 bridgehead atoms. The molecule has 0 heterocycles. The summed E-state index contributed by atoms with van der Waals surface area (Å²) in [6, 6.07) is 73.6. The fraction of sp³-hybridized carbons (Fsp3) is 0.0566. The van der Waals surface area contributed by atoms with Crippen molar-refractivity contribution >= 4 is 38.6 Å². The van der Waals surface area contributed by atoms with Gasteiger partial charge in [0.15, 0.2) is 0 Å². The lowest BCUT2D eigenvalue weighted by Crippen LogP contribution is -2.17. The van der Waals surface area contributed by atoms with Gasteiger partial charge in [-0.1, -0.05) is 184 Å². The predicted molar refractivity (Wildman–Crippen MR) is 230 cm³/mol. The van der Waals surface area contributed by atoms with Gasteiger partial charge < -0.3 is 4.90 Å². The first-order valence-corrected chi connectivity index (χ1v) is 18.8. The van der Waals surface area contributed by atoms with Crippen molar-refractivity contribution < 1.29 is 0 Å². The lowest BCUT2D eigenvalue weighted by molar-refractivity contribution is 0.660. The molecule has 1 aliphatic rings. The largest absolute Gasteiger partial charge is 0.310 e. The van der Waals surface area contributed by atoms with Crippen LogP contribution in [0.5, 0.6) is 0 Å². The van der Waals surface area contributed by atoms with E-state index in [9.17, 15) is 0 Å². The Morgan fingerprint density at radius 3 is 1.59 bits per heavy atom. The lowest BCUT2D eigenvalue weighted by Gasteiger charge is -2.30. The number of nitrogens with zero attached hydrogens (tertiary/aromatic N) is 1. The van der Waals surface area contributed by atoms with Crippen LogP contribution < -0.4 is 4.90 Å². The van der Waals surface area contributed by atoms with Gasteiger partial charge in [0.1, 0.15) is 0 Å². The summed E-state index contributed by atoms with van der Waals surface area (Å²) in [5.41, 5.74) is 15.8. The third kappa shape index (κ3) is 5.24. The van der Waals surface area contributed by atoms with E-state index >= 15 is 0 Å². The van der Waals surface area contributed by atoms with Crippen LogP contribution >= 0.6 is 0 Å². The van der Waals surface area contributed by atoms with Crippen molar-refractivity contribution in [3.8, 4) is 44.5 Å². The van der Waals surface area contributed by atoms with E-state index in [1.807, 2.05) is 0 Å². The summed E-state index contributed by atoms with van der Waals surface area (Å²) in [7, 11) is 0. The van der Waals surface area contributed by atoms with Crippen molar-refractivity contribution in [2.75, 3.05) is 4.90 Å². The first-order valence-electron chi connectivity index (χ1n) is 18.8. The van der Waals surface area contributed by atoms with Crippen molar-refractivity contribution in [1.29, 1.82) is 0 Å². The van der Waals surface area contributed by atoms with Crippen molar-refractivity contribution in [3.63, 3.8) is 0 Å². The Morgan fingerprint density at radius 1 is 0.333 bits per heavy atom. The van der Waals surface area contributed by atoms with Gasteiger partial charge >= 0.3 is 0 Å². The Kier molecular flexibility index (Phi) is 7.56. The molecule has 0 radical (unpaired) electrons. The van der Waals surface area contributed by atoms with Gasteiger partial charge in [-0.25, -0.2) is 0 Å². The molecule has 54 heavy (non-hydrogen) atoms. The summed E-state index contributed by atoms with van der Waals surface area (Å²) in [4.78, 5) is 2.49. The van der Waals surface area contributed by atoms with Gasteiger partial charge in [0.05, 0.1) is 5.69 Å². The Hall–Kier alpha value is -6.70. The van der Waals surface area contributed by atoms with Crippen LogP contribution in [0.1, 0.15) is 25.0 Å². The van der Waals surface area contributed by atoms with Crippen LogP contribution in [0.15, 0.2) is 200 Å². The molecular weight excluding hydrogens is 651 g/mol. The molecule has 0 fully saturated rings. The van der Waals surface area contributed by atoms with E-state index in [1.54, 1.807) is 0 Å². The molecule has 9 aromatic rings. The quantitative estimate of drug-likeness (QED) is 0.168. The topological polar surface area (TPSA) is 3.24 Å². The van der Waals surface area contributed by atoms with Crippen molar-refractivity contribution in [2.24, 2.45) is 0 Å². The average molecular weight is 690 g/mol. The van der Waals surface area contributed by atoms with E-state index < -0.39 is 0 Å². The average Bonchev–Trinajstić information content (AvgIpc) is 3.46. The van der Waals surface area contributed by atoms with Crippen LogP contribution in [0.2, 0.25) is 0 Å². The highest BCUT2D eigenvalue weighted by atomic mass is 15.1. The van der Waals surface area contributed by atoms with Gasteiger partial charge in [-0.05, 0) is 102 Å². The fourth-order valence-corrected chi connectivity index (χ4v) is 8.77. The first kappa shape index (κ1) is 32.0. The summed E-state index contributed by atoms with van der Waals surface area (Å²) < 4.78 is 0. The molecule has 0 atom stereocenters. The van der Waals surface area contributed by atoms with Crippen LogP contribution in [0.25, 0.3) is 66.1 Å². The molecule has 0 unspecified atom stereocenters. The number of rotatable bonds is 6. The lowest BCUT2D eigenvalue weighted by atomic mass is 9.82. The van der Waals surface area contributed by atoms with E-state index in [-0.39, 0.29) is 5.41 Å². The number of hydrogen-bond donors (Lipinski definition) is 0. The highest BCUT2D eigenvalue weighted by Crippen LogP contribution is 2.52. The maximum Gasteiger partial charge on any atom is 0.0546 e. The molecule has 0 aromatic heterocycles. The third-order valence-electron chi connectivity index (χ3n) is 11.5. The monoisotopic (exact) mass is 689 g/mol. The van der Waals surface area contributed by atoms with Gasteiger partial charge in [-0.15, -0.1) is 0 Å². The highest BCUT2D eigenvalue weighted by Gasteiger charge is 2.36. The number of hydrogen-bond acceptors (Lipinski definition) is 1. The predicted octanol–water partition coefficient (Wildman–Crippen LogP) is 14.8. The van der Waals surface area contributed by atoms with Crippen molar-refractivity contribution in [1.82, 2.24) is 0 Å². The second-order valence-electron chi connectivity index (χ2n) is 14.9. The fourth-order valence-electron chi connectivity index (χ4n) is 8.77. The van der Waals surface area contributed by atoms with Gasteiger partial charge in [-0.3, -0.25) is 0 Å². The number of benzene rings is 9. The van der Waals surface area contributed by atoms with Gasteiger partial charge in [0.2, 0.25) is 0 Å². The van der Waals surface area contributed by atoms with E-state index in [1.165, 1.54) is 77.2 Å². The second kappa shape index (κ2) is 12.8. The van der Waals surface area contributed by atoms with Crippen LogP contribution in [0.4, 0.5) is 17.1 Å². The Labute approximate surface area is 317 Å². The molecule has 0 aliphatic heterocycles. The molecule has 0 saturated carbocycles. The minimum atomic E-state index is -0.133. The highest BCUT2D eigenvalue weighted by molar-refractivity contribution is 6.01. The zero-order valence-corrected chi connectivity index (χ0v) is 30.5. The number of anilines is 3. The Balaban J connectivity index is 1.25. The van der Waals surface area contributed by atoms with Gasteiger partial charge in [0, 0.05) is 22.4 Å². The van der Waals surface area contributed by atoms with E-state index in [0.717, 1.165) is 17.1 Å². The summed E-state index contributed by atoms with van der Waals surface area (Å²) in [5.74, 6) is 0. The Bertz CT molecular complexity index is 2850. The normalized spacial score (nSPS) is 12.8. The van der Waals surface area contributed by atoms with E-state index in [4.69, 9.17) is 0 Å². The molecule has 1 nitrogen and oxygen atoms in total. The SMILES string of the molecule is CC1(C)c2ccccc2-c2ccc(N(c3cccc(-c4cccc5ccccc45)c3)c3cc(-c4cccc5ccccc45)ccc3-c3ccccc3)cc21. The van der Waals surface area contributed by atoms with Crippen LogP contribution in [0.3, 0.4) is 0 Å².